The largest absolute Gasteiger partial charge is 0.481 e. The summed E-state index contributed by atoms with van der Waals surface area (Å²) in [6, 6.07) is 6.85. The number of carbonyl (C=O) groups excluding carboxylic acids is 2. The lowest BCUT2D eigenvalue weighted by molar-refractivity contribution is -0.142. The van der Waals surface area contributed by atoms with Crippen LogP contribution in [0.3, 0.4) is 0 Å². The molecule has 0 spiro atoms. The fraction of sp³-hybridized carbons (Fsp3) is 0.400. The molecule has 1 amide bonds. The first-order valence-corrected chi connectivity index (χ1v) is 6.38. The Hall–Kier alpha value is -2.17. The number of likely N-dealkylation sites (N-methyl/N-ethyl adjacent to an activating group) is 1. The van der Waals surface area contributed by atoms with Crippen LogP contribution in [0.25, 0.3) is 0 Å². The summed E-state index contributed by atoms with van der Waals surface area (Å²) >= 11 is 0. The molecular weight excluding hydrogens is 258 g/mol. The van der Waals surface area contributed by atoms with E-state index in [1.165, 1.54) is 11.8 Å². The Morgan fingerprint density at radius 1 is 1.20 bits per heavy atom. The molecule has 20 heavy (non-hydrogen) atoms. The fourth-order valence-electron chi connectivity index (χ4n) is 1.76. The predicted octanol–water partition coefficient (Wildman–Crippen LogP) is 1.61. The van der Waals surface area contributed by atoms with E-state index in [1.54, 1.807) is 38.2 Å². The molecule has 1 unspecified atom stereocenters. The van der Waals surface area contributed by atoms with E-state index < -0.39 is 11.9 Å². The maximum absolute atomic E-state index is 12.0. The van der Waals surface area contributed by atoms with Gasteiger partial charge in [0.05, 0.1) is 12.3 Å². The normalized spacial score (nSPS) is 11.8. The van der Waals surface area contributed by atoms with Crippen molar-refractivity contribution in [1.82, 2.24) is 4.90 Å². The van der Waals surface area contributed by atoms with Crippen molar-refractivity contribution >= 4 is 17.7 Å². The van der Waals surface area contributed by atoms with Crippen LogP contribution >= 0.6 is 0 Å². The molecule has 0 fully saturated rings. The van der Waals surface area contributed by atoms with Gasteiger partial charge in [0.15, 0.2) is 5.78 Å². The van der Waals surface area contributed by atoms with Gasteiger partial charge in [-0.2, -0.15) is 0 Å². The second-order valence-electron chi connectivity index (χ2n) is 4.94. The van der Waals surface area contributed by atoms with Gasteiger partial charge >= 0.3 is 5.97 Å². The second kappa shape index (κ2) is 6.84. The molecule has 0 aliphatic carbocycles. The summed E-state index contributed by atoms with van der Waals surface area (Å²) < 4.78 is 0. The third kappa shape index (κ3) is 4.50. The molecule has 0 radical (unpaired) electrons. The van der Waals surface area contributed by atoms with E-state index in [1.807, 2.05) is 0 Å². The molecule has 0 saturated carbocycles. The Morgan fingerprint density at radius 3 is 2.20 bits per heavy atom. The van der Waals surface area contributed by atoms with Crippen LogP contribution in [0.4, 0.5) is 0 Å². The minimum Gasteiger partial charge on any atom is -0.481 e. The Balaban J connectivity index is 2.61. The van der Waals surface area contributed by atoms with Crippen molar-refractivity contribution in [3.63, 3.8) is 0 Å². The molecule has 1 rings (SSSR count). The average molecular weight is 277 g/mol. The van der Waals surface area contributed by atoms with Gasteiger partial charge in [-0.1, -0.05) is 31.2 Å². The first-order chi connectivity index (χ1) is 9.31. The standard InChI is InChI=1S/C15H19NO4/c1-10(15(19)20)9-16(3)14(18)8-12-4-6-13(7-5-12)11(2)17/h4-7,10H,8-9H2,1-3H3,(H,19,20). The van der Waals surface area contributed by atoms with Gasteiger partial charge in [0, 0.05) is 19.2 Å². The molecule has 1 atom stereocenters. The lowest BCUT2D eigenvalue weighted by Crippen LogP contribution is -2.34. The van der Waals surface area contributed by atoms with Crippen molar-refractivity contribution in [2.24, 2.45) is 5.92 Å². The molecule has 1 aromatic carbocycles. The number of benzene rings is 1. The van der Waals surface area contributed by atoms with Gasteiger partial charge in [-0.15, -0.1) is 0 Å². The van der Waals surface area contributed by atoms with E-state index in [2.05, 4.69) is 0 Å². The minimum atomic E-state index is -0.921. The molecule has 0 bridgehead atoms. The monoisotopic (exact) mass is 277 g/mol. The molecule has 1 N–H and O–H groups in total. The first-order valence-electron chi connectivity index (χ1n) is 6.38. The number of amides is 1. The molecular formula is C15H19NO4. The summed E-state index contributed by atoms with van der Waals surface area (Å²) in [5.74, 6) is -1.68. The molecule has 108 valence electrons. The summed E-state index contributed by atoms with van der Waals surface area (Å²) in [7, 11) is 1.59. The summed E-state index contributed by atoms with van der Waals surface area (Å²) in [5, 5.41) is 8.82. The number of carboxylic acid groups (broad SMARTS) is 1. The van der Waals surface area contributed by atoms with Crippen LogP contribution in [0.15, 0.2) is 24.3 Å². The van der Waals surface area contributed by atoms with Gasteiger partial charge in [0.25, 0.3) is 0 Å². The zero-order chi connectivity index (χ0) is 15.3. The number of Topliss-reactive ketones (excluding diaryl/α,β-unsaturated/α-hetero) is 1. The highest BCUT2D eigenvalue weighted by molar-refractivity contribution is 5.94. The lowest BCUT2D eigenvalue weighted by atomic mass is 10.1. The molecule has 0 saturated heterocycles. The number of rotatable bonds is 6. The van der Waals surface area contributed by atoms with E-state index in [9.17, 15) is 14.4 Å². The van der Waals surface area contributed by atoms with E-state index in [4.69, 9.17) is 5.11 Å². The predicted molar refractivity (Wildman–Crippen MR) is 74.6 cm³/mol. The van der Waals surface area contributed by atoms with Crippen molar-refractivity contribution in [3.8, 4) is 0 Å². The van der Waals surface area contributed by atoms with Crippen LogP contribution in [0.1, 0.15) is 29.8 Å². The molecule has 0 aliphatic rings. The zero-order valence-electron chi connectivity index (χ0n) is 11.9. The maximum atomic E-state index is 12.0. The molecule has 0 heterocycles. The summed E-state index contributed by atoms with van der Waals surface area (Å²) in [6.45, 7) is 3.23. The Kier molecular flexibility index (Phi) is 5.43. The third-order valence-electron chi connectivity index (χ3n) is 3.11. The van der Waals surface area contributed by atoms with Crippen molar-refractivity contribution in [3.05, 3.63) is 35.4 Å². The van der Waals surface area contributed by atoms with Gasteiger partial charge in [0.1, 0.15) is 0 Å². The van der Waals surface area contributed by atoms with Gasteiger partial charge in [-0.3, -0.25) is 14.4 Å². The van der Waals surface area contributed by atoms with Gasteiger partial charge in [0.2, 0.25) is 5.91 Å². The molecule has 0 aliphatic heterocycles. The smallest absolute Gasteiger partial charge is 0.308 e. The van der Waals surface area contributed by atoms with Crippen molar-refractivity contribution in [2.75, 3.05) is 13.6 Å². The van der Waals surface area contributed by atoms with Gasteiger partial charge < -0.3 is 10.0 Å². The van der Waals surface area contributed by atoms with Crippen LogP contribution < -0.4 is 0 Å². The Bertz CT molecular complexity index is 507. The van der Waals surface area contributed by atoms with Crippen LogP contribution in [-0.4, -0.2) is 41.3 Å². The number of aliphatic carboxylic acids is 1. The second-order valence-corrected chi connectivity index (χ2v) is 4.94. The lowest BCUT2D eigenvalue weighted by Gasteiger charge is -2.19. The van der Waals surface area contributed by atoms with E-state index in [-0.39, 0.29) is 24.7 Å². The first kappa shape index (κ1) is 15.9. The van der Waals surface area contributed by atoms with Crippen molar-refractivity contribution < 1.29 is 19.5 Å². The number of carboxylic acids is 1. The van der Waals surface area contributed by atoms with E-state index in [0.29, 0.717) is 5.56 Å². The molecule has 5 nitrogen and oxygen atoms in total. The number of carbonyl (C=O) groups is 3. The van der Waals surface area contributed by atoms with E-state index >= 15 is 0 Å². The number of hydrogen-bond donors (Lipinski definition) is 1. The quantitative estimate of drug-likeness (QED) is 0.802. The molecule has 1 aromatic rings. The van der Waals surface area contributed by atoms with E-state index in [0.717, 1.165) is 5.56 Å². The Labute approximate surface area is 118 Å². The average Bonchev–Trinajstić information content (AvgIpc) is 2.38. The highest BCUT2D eigenvalue weighted by Gasteiger charge is 2.17. The fourth-order valence-corrected chi connectivity index (χ4v) is 1.76. The molecule has 5 heteroatoms. The van der Waals surface area contributed by atoms with Crippen LogP contribution in [0, 0.1) is 5.92 Å². The van der Waals surface area contributed by atoms with Gasteiger partial charge in [-0.25, -0.2) is 0 Å². The molecule has 0 aromatic heterocycles. The SMILES string of the molecule is CC(=O)c1ccc(CC(=O)N(C)CC(C)C(=O)O)cc1. The maximum Gasteiger partial charge on any atom is 0.308 e. The zero-order valence-corrected chi connectivity index (χ0v) is 11.9. The minimum absolute atomic E-state index is 0.0183. The van der Waals surface area contributed by atoms with Crippen LogP contribution in [0.2, 0.25) is 0 Å². The van der Waals surface area contributed by atoms with Gasteiger partial charge in [-0.05, 0) is 12.5 Å². The van der Waals surface area contributed by atoms with Crippen molar-refractivity contribution in [2.45, 2.75) is 20.3 Å². The van der Waals surface area contributed by atoms with Crippen molar-refractivity contribution in [1.29, 1.82) is 0 Å². The number of hydrogen-bond acceptors (Lipinski definition) is 3. The number of ketones is 1. The summed E-state index contributed by atoms with van der Waals surface area (Å²) in [4.78, 5) is 35.3. The highest BCUT2D eigenvalue weighted by Crippen LogP contribution is 2.08. The van der Waals surface area contributed by atoms with Crippen LogP contribution in [0.5, 0.6) is 0 Å². The highest BCUT2D eigenvalue weighted by atomic mass is 16.4. The summed E-state index contributed by atoms with van der Waals surface area (Å²) in [5.41, 5.74) is 1.41. The Morgan fingerprint density at radius 2 is 1.75 bits per heavy atom. The summed E-state index contributed by atoms with van der Waals surface area (Å²) in [6.07, 6.45) is 0.195. The number of nitrogens with zero attached hydrogens (tertiary/aromatic N) is 1. The van der Waals surface area contributed by atoms with Crippen LogP contribution in [-0.2, 0) is 16.0 Å². The third-order valence-corrected chi connectivity index (χ3v) is 3.11. The topological polar surface area (TPSA) is 74.7 Å².